The Balaban J connectivity index is 2.46. The lowest BCUT2D eigenvalue weighted by Crippen LogP contribution is -2.01. The summed E-state index contributed by atoms with van der Waals surface area (Å²) in [4.78, 5) is 22.6. The molecule has 2 heterocycles. The lowest BCUT2D eigenvalue weighted by atomic mass is 10.1. The van der Waals surface area contributed by atoms with E-state index >= 15 is 0 Å². The first-order valence-corrected chi connectivity index (χ1v) is 5.69. The molecule has 0 amide bonds. The average Bonchev–Trinajstić information content (AvgIpc) is 2.71. The molecule has 0 aliphatic rings. The fourth-order valence-electron chi connectivity index (χ4n) is 2.10. The molecule has 0 radical (unpaired) electrons. The van der Waals surface area contributed by atoms with Gasteiger partial charge in [-0.1, -0.05) is 0 Å². The molecule has 0 spiro atoms. The second-order valence-corrected chi connectivity index (χ2v) is 4.26. The molecule has 1 aromatic carbocycles. The van der Waals surface area contributed by atoms with Crippen LogP contribution >= 0.6 is 0 Å². The molecule has 3 rings (SSSR count). The Hall–Kier alpha value is -2.56. The summed E-state index contributed by atoms with van der Waals surface area (Å²) < 4.78 is 15.6. The summed E-state index contributed by atoms with van der Waals surface area (Å²) in [6, 6.07) is 4.97. The van der Waals surface area contributed by atoms with Gasteiger partial charge in [-0.25, -0.2) is 4.79 Å². The van der Waals surface area contributed by atoms with Crippen molar-refractivity contribution in [3.63, 3.8) is 0 Å². The highest BCUT2D eigenvalue weighted by molar-refractivity contribution is 6.06. The minimum atomic E-state index is -0.463. The number of carbonyl (C=O) groups excluding carboxylic acids is 1. The van der Waals surface area contributed by atoms with Crippen LogP contribution < -0.4 is 10.4 Å². The van der Waals surface area contributed by atoms with Gasteiger partial charge < -0.3 is 13.6 Å². The molecule has 0 fully saturated rings. The molecule has 2 aromatic heterocycles. The fraction of sp³-hybridized carbons (Fsp3) is 0.143. The van der Waals surface area contributed by atoms with Gasteiger partial charge >= 0.3 is 11.6 Å². The maximum atomic E-state index is 11.5. The van der Waals surface area contributed by atoms with Gasteiger partial charge in [0, 0.05) is 18.4 Å². The van der Waals surface area contributed by atoms with Gasteiger partial charge in [0.25, 0.3) is 0 Å². The third kappa shape index (κ3) is 1.79. The van der Waals surface area contributed by atoms with Crippen LogP contribution in [0.2, 0.25) is 0 Å². The molecule has 0 bridgehead atoms. The first-order chi connectivity index (χ1) is 9.06. The van der Waals surface area contributed by atoms with E-state index in [1.807, 2.05) is 6.92 Å². The quantitative estimate of drug-likeness (QED) is 0.496. The first-order valence-electron chi connectivity index (χ1n) is 5.69. The van der Waals surface area contributed by atoms with Crippen LogP contribution in [0.4, 0.5) is 0 Å². The second-order valence-electron chi connectivity index (χ2n) is 4.26. The molecule has 0 unspecified atom stereocenters. The summed E-state index contributed by atoms with van der Waals surface area (Å²) in [5.41, 5.74) is 1.21. The number of furan rings is 1. The molecular weight excluding hydrogens is 248 g/mol. The zero-order valence-corrected chi connectivity index (χ0v) is 10.4. The third-order valence-corrected chi connectivity index (χ3v) is 2.87. The van der Waals surface area contributed by atoms with Crippen molar-refractivity contribution in [3.05, 3.63) is 40.4 Å². The Morgan fingerprint density at radius 1 is 1.32 bits per heavy atom. The van der Waals surface area contributed by atoms with E-state index in [0.29, 0.717) is 16.6 Å². The topological polar surface area (TPSA) is 69.7 Å². The normalized spacial score (nSPS) is 11.1. The number of esters is 1. The van der Waals surface area contributed by atoms with Crippen LogP contribution in [-0.2, 0) is 4.79 Å². The largest absolute Gasteiger partial charge is 0.460 e. The summed E-state index contributed by atoms with van der Waals surface area (Å²) in [7, 11) is 0. The van der Waals surface area contributed by atoms with Crippen molar-refractivity contribution in [2.24, 2.45) is 0 Å². The number of hydrogen-bond acceptors (Lipinski definition) is 5. The lowest BCUT2D eigenvalue weighted by Gasteiger charge is -2.02. The Labute approximate surface area is 107 Å². The number of fused-ring (bicyclic) bond motifs is 3. The highest BCUT2D eigenvalue weighted by Crippen LogP contribution is 2.35. The van der Waals surface area contributed by atoms with Gasteiger partial charge in [0.2, 0.25) is 0 Å². The van der Waals surface area contributed by atoms with E-state index in [9.17, 15) is 9.59 Å². The number of rotatable bonds is 1. The first kappa shape index (κ1) is 11.5. The fourth-order valence-corrected chi connectivity index (χ4v) is 2.10. The zero-order valence-electron chi connectivity index (χ0n) is 10.4. The van der Waals surface area contributed by atoms with E-state index in [-0.39, 0.29) is 5.75 Å². The summed E-state index contributed by atoms with van der Waals surface area (Å²) >= 11 is 0. The van der Waals surface area contributed by atoms with Gasteiger partial charge in [0.1, 0.15) is 17.2 Å². The zero-order chi connectivity index (χ0) is 13.6. The maximum absolute atomic E-state index is 11.5. The van der Waals surface area contributed by atoms with Gasteiger partial charge in [-0.15, -0.1) is 0 Å². The molecule has 0 saturated heterocycles. The molecule has 0 N–H and O–H groups in total. The summed E-state index contributed by atoms with van der Waals surface area (Å²) in [5.74, 6) is -0.212. The maximum Gasteiger partial charge on any atom is 0.336 e. The van der Waals surface area contributed by atoms with Crippen LogP contribution in [0.1, 0.15) is 12.5 Å². The van der Waals surface area contributed by atoms with Crippen LogP contribution in [0.5, 0.6) is 5.75 Å². The molecule has 5 heteroatoms. The molecule has 96 valence electrons. The van der Waals surface area contributed by atoms with E-state index in [2.05, 4.69) is 0 Å². The van der Waals surface area contributed by atoms with Crippen molar-refractivity contribution in [2.75, 3.05) is 0 Å². The van der Waals surface area contributed by atoms with Crippen LogP contribution in [0.15, 0.2) is 38.1 Å². The highest BCUT2D eigenvalue weighted by atomic mass is 16.5. The molecular formula is C14H10O5. The van der Waals surface area contributed by atoms with Crippen molar-refractivity contribution in [2.45, 2.75) is 13.8 Å². The lowest BCUT2D eigenvalue weighted by molar-refractivity contribution is -0.131. The third-order valence-electron chi connectivity index (χ3n) is 2.87. The second kappa shape index (κ2) is 3.98. The SMILES string of the molecule is CC(=O)Oc1coc2ccc3c(C)cc(=O)oc3c12. The molecule has 0 aliphatic carbocycles. The summed E-state index contributed by atoms with van der Waals surface area (Å²) in [6.45, 7) is 3.11. The van der Waals surface area contributed by atoms with Crippen LogP contribution in [0.25, 0.3) is 21.9 Å². The molecule has 0 aliphatic heterocycles. The minimum Gasteiger partial charge on any atom is -0.460 e. The smallest absolute Gasteiger partial charge is 0.336 e. The average molecular weight is 258 g/mol. The standard InChI is InChI=1S/C14H10O5/c1-7-5-12(16)19-14-9(7)3-4-10-13(14)11(6-17-10)18-8(2)15/h3-6H,1-2H3. The monoisotopic (exact) mass is 258 g/mol. The van der Waals surface area contributed by atoms with Gasteiger partial charge in [-0.3, -0.25) is 4.79 Å². The van der Waals surface area contributed by atoms with E-state index in [1.165, 1.54) is 19.3 Å². The summed E-state index contributed by atoms with van der Waals surface area (Å²) in [6.07, 6.45) is 1.33. The number of hydrogen-bond donors (Lipinski definition) is 0. The van der Waals surface area contributed by atoms with E-state index < -0.39 is 11.6 Å². The van der Waals surface area contributed by atoms with Gasteiger partial charge in [0.05, 0.1) is 0 Å². The van der Waals surface area contributed by atoms with E-state index in [1.54, 1.807) is 12.1 Å². The van der Waals surface area contributed by atoms with Crippen molar-refractivity contribution in [1.82, 2.24) is 0 Å². The molecule has 0 atom stereocenters. The predicted octanol–water partition coefficient (Wildman–Crippen LogP) is 2.77. The molecule has 0 saturated carbocycles. The van der Waals surface area contributed by atoms with Crippen molar-refractivity contribution >= 4 is 27.9 Å². The minimum absolute atomic E-state index is 0.252. The molecule has 19 heavy (non-hydrogen) atoms. The Kier molecular flexibility index (Phi) is 2.41. The highest BCUT2D eigenvalue weighted by Gasteiger charge is 2.16. The molecule has 5 nitrogen and oxygen atoms in total. The summed E-state index contributed by atoms with van der Waals surface area (Å²) in [5, 5.41) is 1.27. The van der Waals surface area contributed by atoms with Crippen molar-refractivity contribution in [1.29, 1.82) is 0 Å². The van der Waals surface area contributed by atoms with Gasteiger partial charge in [0.15, 0.2) is 11.3 Å². The Morgan fingerprint density at radius 2 is 2.11 bits per heavy atom. The Morgan fingerprint density at radius 3 is 2.84 bits per heavy atom. The van der Waals surface area contributed by atoms with Gasteiger partial charge in [-0.05, 0) is 24.6 Å². The van der Waals surface area contributed by atoms with E-state index in [4.69, 9.17) is 13.6 Å². The van der Waals surface area contributed by atoms with E-state index in [0.717, 1.165) is 10.9 Å². The number of aryl methyl sites for hydroxylation is 1. The molecule has 3 aromatic rings. The number of ether oxygens (including phenoxy) is 1. The number of benzene rings is 1. The van der Waals surface area contributed by atoms with Crippen LogP contribution in [-0.4, -0.2) is 5.97 Å². The Bertz CT molecular complexity index is 853. The van der Waals surface area contributed by atoms with Crippen molar-refractivity contribution in [3.8, 4) is 5.75 Å². The number of carbonyl (C=O) groups is 1. The van der Waals surface area contributed by atoms with Crippen molar-refractivity contribution < 1.29 is 18.4 Å². The van der Waals surface area contributed by atoms with Crippen LogP contribution in [0.3, 0.4) is 0 Å². The predicted molar refractivity (Wildman–Crippen MR) is 68.3 cm³/mol. The van der Waals surface area contributed by atoms with Gasteiger partial charge in [-0.2, -0.15) is 0 Å². The van der Waals surface area contributed by atoms with Crippen LogP contribution in [0, 0.1) is 6.92 Å².